The number of hydrogen-bond acceptors (Lipinski definition) is 2. The molecule has 1 rings (SSSR count). The van der Waals surface area contributed by atoms with Gasteiger partial charge in [0.1, 0.15) is 0 Å². The Morgan fingerprint density at radius 2 is 2.10 bits per heavy atom. The summed E-state index contributed by atoms with van der Waals surface area (Å²) in [4.78, 5) is 4.22. The van der Waals surface area contributed by atoms with Crippen molar-refractivity contribution in [3.8, 4) is 0 Å². The molecule has 0 bridgehead atoms. The first kappa shape index (κ1) is 7.22. The van der Waals surface area contributed by atoms with Gasteiger partial charge in [-0.2, -0.15) is 0 Å². The molecule has 1 heterocycles. The summed E-state index contributed by atoms with van der Waals surface area (Å²) in [6.07, 6.45) is 0.730. The molecule has 1 aromatic rings. The molecule has 2 nitrogen and oxygen atoms in total. The molecule has 0 aliphatic heterocycles. The van der Waals surface area contributed by atoms with Gasteiger partial charge >= 0.3 is 0 Å². The zero-order valence-corrected chi connectivity index (χ0v) is 5.88. The Balaban J connectivity index is 2.87. The minimum absolute atomic E-state index is 0.508. The maximum absolute atomic E-state index is 5.39. The molecular formula is C8H11N2. The smallest absolute Gasteiger partial charge is 0.0542 e. The molecule has 0 aromatic carbocycles. The van der Waals surface area contributed by atoms with Crippen molar-refractivity contribution in [1.82, 2.24) is 4.98 Å². The molecule has 0 aliphatic carbocycles. The van der Waals surface area contributed by atoms with Gasteiger partial charge in [-0.15, -0.1) is 0 Å². The van der Waals surface area contributed by atoms with Crippen LogP contribution < -0.4 is 5.73 Å². The van der Waals surface area contributed by atoms with Gasteiger partial charge in [-0.3, -0.25) is 4.98 Å². The summed E-state index contributed by atoms with van der Waals surface area (Å²) in [7, 11) is 0. The first-order valence-corrected chi connectivity index (χ1v) is 3.31. The normalized spacial score (nSPS) is 9.80. The number of pyridine rings is 1. The molecule has 0 unspecified atom stereocenters. The van der Waals surface area contributed by atoms with E-state index < -0.39 is 0 Å². The van der Waals surface area contributed by atoms with Crippen molar-refractivity contribution in [2.45, 2.75) is 13.0 Å². The van der Waals surface area contributed by atoms with Gasteiger partial charge in [-0.25, -0.2) is 0 Å². The minimum atomic E-state index is 0.508. The largest absolute Gasteiger partial charge is 0.325 e. The molecule has 2 N–H and O–H groups in total. The second kappa shape index (κ2) is 3.32. The molecule has 1 radical (unpaired) electrons. The Labute approximate surface area is 61.1 Å². The van der Waals surface area contributed by atoms with E-state index in [1.165, 1.54) is 0 Å². The van der Waals surface area contributed by atoms with Gasteiger partial charge < -0.3 is 5.73 Å². The zero-order chi connectivity index (χ0) is 7.40. The Kier molecular flexibility index (Phi) is 2.40. The summed E-state index contributed by atoms with van der Waals surface area (Å²) < 4.78 is 0. The van der Waals surface area contributed by atoms with Crippen LogP contribution >= 0.6 is 0 Å². The molecule has 0 amide bonds. The van der Waals surface area contributed by atoms with Crippen molar-refractivity contribution >= 4 is 0 Å². The molecule has 0 fully saturated rings. The van der Waals surface area contributed by atoms with Crippen molar-refractivity contribution in [2.75, 3.05) is 0 Å². The predicted octanol–water partition coefficient (Wildman–Crippen LogP) is 0.917. The third-order valence-electron chi connectivity index (χ3n) is 1.33. The Bertz CT molecular complexity index is 189. The van der Waals surface area contributed by atoms with E-state index in [4.69, 9.17) is 5.73 Å². The molecular weight excluding hydrogens is 124 g/mol. The lowest BCUT2D eigenvalue weighted by Gasteiger charge is -1.97. The maximum atomic E-state index is 5.39. The lowest BCUT2D eigenvalue weighted by molar-refractivity contribution is 0.952. The second-order valence-electron chi connectivity index (χ2n) is 2.07. The number of aromatic nitrogens is 1. The summed E-state index contributed by atoms with van der Waals surface area (Å²) in [5.41, 5.74) is 7.32. The van der Waals surface area contributed by atoms with E-state index >= 15 is 0 Å². The summed E-state index contributed by atoms with van der Waals surface area (Å²) in [5, 5.41) is 0. The van der Waals surface area contributed by atoms with Crippen LogP contribution in [0.3, 0.4) is 0 Å². The molecule has 10 heavy (non-hydrogen) atoms. The van der Waals surface area contributed by atoms with Crippen LogP contribution in [0, 0.1) is 6.92 Å². The first-order chi connectivity index (χ1) is 4.86. The van der Waals surface area contributed by atoms with Crippen molar-refractivity contribution in [1.29, 1.82) is 0 Å². The van der Waals surface area contributed by atoms with Crippen LogP contribution in [0.5, 0.6) is 0 Å². The SMILES string of the molecule is [CH2]Cc1cccc(CN)n1. The van der Waals surface area contributed by atoms with Gasteiger partial charge in [-0.05, 0) is 25.5 Å². The Morgan fingerprint density at radius 1 is 1.40 bits per heavy atom. The maximum Gasteiger partial charge on any atom is 0.0542 e. The van der Waals surface area contributed by atoms with Crippen LogP contribution in [0.15, 0.2) is 18.2 Å². The minimum Gasteiger partial charge on any atom is -0.325 e. The van der Waals surface area contributed by atoms with E-state index in [2.05, 4.69) is 11.9 Å². The first-order valence-electron chi connectivity index (χ1n) is 3.31. The summed E-state index contributed by atoms with van der Waals surface area (Å²) in [6, 6.07) is 5.82. The van der Waals surface area contributed by atoms with Gasteiger partial charge in [0.2, 0.25) is 0 Å². The van der Waals surface area contributed by atoms with Crippen molar-refractivity contribution in [3.05, 3.63) is 36.5 Å². The highest BCUT2D eigenvalue weighted by molar-refractivity contribution is 5.11. The summed E-state index contributed by atoms with van der Waals surface area (Å²) >= 11 is 0. The summed E-state index contributed by atoms with van der Waals surface area (Å²) in [6.45, 7) is 4.24. The molecule has 1 aromatic heterocycles. The number of hydrogen-bond donors (Lipinski definition) is 1. The number of nitrogens with two attached hydrogens (primary N) is 1. The van der Waals surface area contributed by atoms with Crippen LogP contribution in [-0.4, -0.2) is 4.98 Å². The van der Waals surface area contributed by atoms with Gasteiger partial charge in [0.15, 0.2) is 0 Å². The van der Waals surface area contributed by atoms with Gasteiger partial charge in [0.25, 0.3) is 0 Å². The van der Waals surface area contributed by atoms with Crippen LogP contribution in [-0.2, 0) is 13.0 Å². The predicted molar refractivity (Wildman–Crippen MR) is 41.2 cm³/mol. The second-order valence-corrected chi connectivity index (χ2v) is 2.07. The third-order valence-corrected chi connectivity index (χ3v) is 1.33. The fourth-order valence-corrected chi connectivity index (χ4v) is 0.782. The Morgan fingerprint density at radius 3 is 2.70 bits per heavy atom. The van der Waals surface area contributed by atoms with Crippen LogP contribution in [0.4, 0.5) is 0 Å². The van der Waals surface area contributed by atoms with Gasteiger partial charge in [-0.1, -0.05) is 6.07 Å². The zero-order valence-electron chi connectivity index (χ0n) is 5.88. The standard InChI is InChI=1S/C8H11N2/c1-2-7-4-3-5-8(6-9)10-7/h3-5H,1-2,6,9H2. The topological polar surface area (TPSA) is 38.9 Å². The number of nitrogens with zero attached hydrogens (tertiary/aromatic N) is 1. The average molecular weight is 135 g/mol. The van der Waals surface area contributed by atoms with Gasteiger partial charge in [0, 0.05) is 12.2 Å². The van der Waals surface area contributed by atoms with Crippen molar-refractivity contribution in [3.63, 3.8) is 0 Å². The van der Waals surface area contributed by atoms with E-state index in [0.717, 1.165) is 17.8 Å². The number of rotatable bonds is 2. The highest BCUT2D eigenvalue weighted by atomic mass is 14.7. The molecule has 0 spiro atoms. The lowest BCUT2D eigenvalue weighted by atomic mass is 10.2. The van der Waals surface area contributed by atoms with E-state index in [1.54, 1.807) is 0 Å². The van der Waals surface area contributed by atoms with E-state index in [9.17, 15) is 0 Å². The fourth-order valence-electron chi connectivity index (χ4n) is 0.782. The van der Waals surface area contributed by atoms with Crippen molar-refractivity contribution < 1.29 is 0 Å². The van der Waals surface area contributed by atoms with Crippen LogP contribution in [0.1, 0.15) is 11.4 Å². The van der Waals surface area contributed by atoms with Crippen LogP contribution in [0.2, 0.25) is 0 Å². The quantitative estimate of drug-likeness (QED) is 0.654. The molecule has 0 saturated carbocycles. The molecule has 53 valence electrons. The van der Waals surface area contributed by atoms with Gasteiger partial charge in [0.05, 0.1) is 5.69 Å². The molecule has 0 saturated heterocycles. The monoisotopic (exact) mass is 135 g/mol. The van der Waals surface area contributed by atoms with E-state index in [1.807, 2.05) is 18.2 Å². The van der Waals surface area contributed by atoms with Crippen molar-refractivity contribution in [2.24, 2.45) is 5.73 Å². The summed E-state index contributed by atoms with van der Waals surface area (Å²) in [5.74, 6) is 0. The molecule has 0 aliphatic rings. The van der Waals surface area contributed by atoms with E-state index in [0.29, 0.717) is 6.54 Å². The Hall–Kier alpha value is -0.890. The van der Waals surface area contributed by atoms with Crippen LogP contribution in [0.25, 0.3) is 0 Å². The van der Waals surface area contributed by atoms with E-state index in [-0.39, 0.29) is 0 Å². The highest BCUT2D eigenvalue weighted by Crippen LogP contribution is 1.98. The third kappa shape index (κ3) is 1.54. The fraction of sp³-hybridized carbons (Fsp3) is 0.250. The lowest BCUT2D eigenvalue weighted by Crippen LogP contribution is -2.00. The molecule has 2 heteroatoms. The highest BCUT2D eigenvalue weighted by Gasteiger charge is 1.91. The molecule has 0 atom stereocenters. The average Bonchev–Trinajstić information content (AvgIpc) is 2.05.